The van der Waals surface area contributed by atoms with Crippen molar-refractivity contribution in [2.75, 3.05) is 7.11 Å². The third kappa shape index (κ3) is 2.25. The molecule has 0 bridgehead atoms. The van der Waals surface area contributed by atoms with Crippen LogP contribution in [-0.2, 0) is 0 Å². The third-order valence-electron chi connectivity index (χ3n) is 2.45. The average molecular weight is 229 g/mol. The monoisotopic (exact) mass is 229 g/mol. The number of methoxy groups -OCH3 is 1. The number of aromatic nitrogens is 1. The van der Waals surface area contributed by atoms with E-state index in [9.17, 15) is 4.79 Å². The predicted molar refractivity (Wildman–Crippen MR) is 63.2 cm³/mol. The number of hydrogen-bond donors (Lipinski definition) is 1. The molecule has 0 saturated heterocycles. The highest BCUT2D eigenvalue weighted by molar-refractivity contribution is 5.88. The van der Waals surface area contributed by atoms with Crippen LogP contribution < -0.4 is 4.74 Å². The SMILES string of the molecule is COc1cnccc1-c1ccc(C(=O)O)cc1. The Morgan fingerprint density at radius 3 is 2.53 bits per heavy atom. The van der Waals surface area contributed by atoms with Crippen LogP contribution in [0.15, 0.2) is 42.7 Å². The molecular formula is C13H11NO3. The molecule has 2 aromatic rings. The number of carboxylic acid groups (broad SMARTS) is 1. The summed E-state index contributed by atoms with van der Waals surface area (Å²) < 4.78 is 5.20. The first-order valence-corrected chi connectivity index (χ1v) is 5.04. The summed E-state index contributed by atoms with van der Waals surface area (Å²) >= 11 is 0. The van der Waals surface area contributed by atoms with Crippen molar-refractivity contribution >= 4 is 5.97 Å². The Labute approximate surface area is 98.5 Å². The lowest BCUT2D eigenvalue weighted by Gasteiger charge is -2.07. The second-order valence-electron chi connectivity index (χ2n) is 3.46. The molecule has 86 valence electrons. The summed E-state index contributed by atoms with van der Waals surface area (Å²) in [7, 11) is 1.58. The average Bonchev–Trinajstić information content (AvgIpc) is 2.39. The number of carbonyl (C=O) groups is 1. The zero-order chi connectivity index (χ0) is 12.3. The number of hydrogen-bond acceptors (Lipinski definition) is 3. The zero-order valence-electron chi connectivity index (χ0n) is 9.25. The molecular weight excluding hydrogens is 218 g/mol. The van der Waals surface area contributed by atoms with Crippen LogP contribution in [0.5, 0.6) is 5.75 Å². The Hall–Kier alpha value is -2.36. The second kappa shape index (κ2) is 4.65. The molecule has 0 aliphatic heterocycles. The summed E-state index contributed by atoms with van der Waals surface area (Å²) in [5.74, 6) is -0.270. The van der Waals surface area contributed by atoms with E-state index in [4.69, 9.17) is 9.84 Å². The molecule has 0 saturated carbocycles. The minimum absolute atomic E-state index is 0.266. The van der Waals surface area contributed by atoms with Crippen LogP contribution >= 0.6 is 0 Å². The van der Waals surface area contributed by atoms with E-state index in [1.54, 1.807) is 43.8 Å². The van der Waals surface area contributed by atoms with E-state index in [-0.39, 0.29) is 5.56 Å². The summed E-state index contributed by atoms with van der Waals surface area (Å²) in [5, 5.41) is 8.81. The number of benzene rings is 1. The summed E-state index contributed by atoms with van der Waals surface area (Å²) in [6.07, 6.45) is 3.30. The highest BCUT2D eigenvalue weighted by Crippen LogP contribution is 2.28. The van der Waals surface area contributed by atoms with Crippen LogP contribution in [0.3, 0.4) is 0 Å². The van der Waals surface area contributed by atoms with E-state index >= 15 is 0 Å². The van der Waals surface area contributed by atoms with Gasteiger partial charge in [-0.1, -0.05) is 12.1 Å². The maximum Gasteiger partial charge on any atom is 0.335 e. The highest BCUT2D eigenvalue weighted by atomic mass is 16.5. The van der Waals surface area contributed by atoms with Crippen LogP contribution in [0, 0.1) is 0 Å². The van der Waals surface area contributed by atoms with Gasteiger partial charge in [0.1, 0.15) is 5.75 Å². The summed E-state index contributed by atoms with van der Waals surface area (Å²) in [5.41, 5.74) is 2.05. The molecule has 4 heteroatoms. The topological polar surface area (TPSA) is 59.4 Å². The van der Waals surface area contributed by atoms with Crippen LogP contribution in [0.1, 0.15) is 10.4 Å². The van der Waals surface area contributed by atoms with Crippen LogP contribution in [0.4, 0.5) is 0 Å². The summed E-state index contributed by atoms with van der Waals surface area (Å²) in [6, 6.07) is 8.46. The molecule has 0 unspecified atom stereocenters. The molecule has 4 nitrogen and oxygen atoms in total. The molecule has 0 aliphatic carbocycles. The van der Waals surface area contributed by atoms with E-state index in [1.165, 1.54) is 0 Å². The van der Waals surface area contributed by atoms with Crippen molar-refractivity contribution < 1.29 is 14.6 Å². The van der Waals surface area contributed by atoms with Gasteiger partial charge in [-0.3, -0.25) is 4.98 Å². The molecule has 0 radical (unpaired) electrons. The molecule has 1 N–H and O–H groups in total. The first kappa shape index (κ1) is 11.1. The Bertz CT molecular complexity index is 535. The lowest BCUT2D eigenvalue weighted by atomic mass is 10.0. The Morgan fingerprint density at radius 2 is 1.94 bits per heavy atom. The normalized spacial score (nSPS) is 9.94. The third-order valence-corrected chi connectivity index (χ3v) is 2.45. The summed E-state index contributed by atoms with van der Waals surface area (Å²) in [4.78, 5) is 14.7. The predicted octanol–water partition coefficient (Wildman–Crippen LogP) is 2.46. The van der Waals surface area contributed by atoms with Crippen molar-refractivity contribution in [1.29, 1.82) is 0 Å². The van der Waals surface area contributed by atoms with Gasteiger partial charge in [-0.05, 0) is 23.8 Å². The minimum atomic E-state index is -0.932. The number of ether oxygens (including phenoxy) is 1. The van der Waals surface area contributed by atoms with Gasteiger partial charge in [0.2, 0.25) is 0 Å². The Balaban J connectivity index is 2.43. The molecule has 1 aromatic heterocycles. The van der Waals surface area contributed by atoms with Gasteiger partial charge in [-0.15, -0.1) is 0 Å². The van der Waals surface area contributed by atoms with Crippen LogP contribution in [-0.4, -0.2) is 23.2 Å². The minimum Gasteiger partial charge on any atom is -0.494 e. The van der Waals surface area contributed by atoms with E-state index in [1.807, 2.05) is 6.07 Å². The number of nitrogens with zero attached hydrogens (tertiary/aromatic N) is 1. The van der Waals surface area contributed by atoms with Crippen molar-refractivity contribution in [2.45, 2.75) is 0 Å². The van der Waals surface area contributed by atoms with Gasteiger partial charge in [0.25, 0.3) is 0 Å². The van der Waals surface area contributed by atoms with Gasteiger partial charge in [-0.2, -0.15) is 0 Å². The van der Waals surface area contributed by atoms with E-state index < -0.39 is 5.97 Å². The lowest BCUT2D eigenvalue weighted by Crippen LogP contribution is -1.95. The van der Waals surface area contributed by atoms with E-state index in [0.29, 0.717) is 5.75 Å². The van der Waals surface area contributed by atoms with Crippen LogP contribution in [0.25, 0.3) is 11.1 Å². The van der Waals surface area contributed by atoms with Crippen molar-refractivity contribution in [3.8, 4) is 16.9 Å². The van der Waals surface area contributed by atoms with Gasteiger partial charge in [0, 0.05) is 11.8 Å². The maximum absolute atomic E-state index is 10.7. The maximum atomic E-state index is 10.7. The fraction of sp³-hybridized carbons (Fsp3) is 0.0769. The Morgan fingerprint density at radius 1 is 1.24 bits per heavy atom. The van der Waals surface area contributed by atoms with Crippen LogP contribution in [0.2, 0.25) is 0 Å². The quantitative estimate of drug-likeness (QED) is 0.878. The highest BCUT2D eigenvalue weighted by Gasteiger charge is 2.07. The first-order chi connectivity index (χ1) is 8.22. The molecule has 0 aliphatic rings. The van der Waals surface area contributed by atoms with Crippen molar-refractivity contribution in [3.63, 3.8) is 0 Å². The molecule has 0 fully saturated rings. The van der Waals surface area contributed by atoms with Gasteiger partial charge >= 0.3 is 5.97 Å². The number of carboxylic acids is 1. The number of aromatic carboxylic acids is 1. The van der Waals surface area contributed by atoms with Gasteiger partial charge < -0.3 is 9.84 Å². The van der Waals surface area contributed by atoms with Gasteiger partial charge in [0.15, 0.2) is 0 Å². The lowest BCUT2D eigenvalue weighted by molar-refractivity contribution is 0.0697. The molecule has 0 spiro atoms. The second-order valence-corrected chi connectivity index (χ2v) is 3.46. The van der Waals surface area contributed by atoms with E-state index in [2.05, 4.69) is 4.98 Å². The standard InChI is InChI=1S/C13H11NO3/c1-17-12-8-14-7-6-11(12)9-2-4-10(5-3-9)13(15)16/h2-8H,1H3,(H,15,16). The van der Waals surface area contributed by atoms with E-state index in [0.717, 1.165) is 11.1 Å². The molecule has 0 amide bonds. The number of rotatable bonds is 3. The zero-order valence-corrected chi connectivity index (χ0v) is 9.25. The molecule has 1 aromatic carbocycles. The first-order valence-electron chi connectivity index (χ1n) is 5.04. The van der Waals surface area contributed by atoms with Crippen molar-refractivity contribution in [3.05, 3.63) is 48.3 Å². The van der Waals surface area contributed by atoms with Gasteiger partial charge in [0.05, 0.1) is 18.9 Å². The smallest absolute Gasteiger partial charge is 0.335 e. The largest absolute Gasteiger partial charge is 0.494 e. The molecule has 2 rings (SSSR count). The summed E-state index contributed by atoms with van der Waals surface area (Å²) in [6.45, 7) is 0. The van der Waals surface area contributed by atoms with Crippen molar-refractivity contribution in [1.82, 2.24) is 4.98 Å². The number of pyridine rings is 1. The fourth-order valence-corrected chi connectivity index (χ4v) is 1.57. The Kier molecular flexibility index (Phi) is 3.05. The molecule has 1 heterocycles. The van der Waals surface area contributed by atoms with Gasteiger partial charge in [-0.25, -0.2) is 4.79 Å². The molecule has 0 atom stereocenters. The van der Waals surface area contributed by atoms with Crippen molar-refractivity contribution in [2.24, 2.45) is 0 Å². The molecule has 17 heavy (non-hydrogen) atoms. The fourth-order valence-electron chi connectivity index (χ4n) is 1.57.